The van der Waals surface area contributed by atoms with Crippen molar-refractivity contribution in [2.75, 3.05) is 20.2 Å². The molecular formula is C15H28N2O3. The Morgan fingerprint density at radius 3 is 2.60 bits per heavy atom. The minimum absolute atomic E-state index is 0.00399. The Morgan fingerprint density at radius 2 is 2.00 bits per heavy atom. The molecule has 1 rings (SSSR count). The number of hydrogen-bond donors (Lipinski definition) is 2. The van der Waals surface area contributed by atoms with Gasteiger partial charge in [-0.25, -0.2) is 0 Å². The van der Waals surface area contributed by atoms with Gasteiger partial charge in [-0.3, -0.25) is 9.59 Å². The Morgan fingerprint density at radius 1 is 1.30 bits per heavy atom. The van der Waals surface area contributed by atoms with Crippen molar-refractivity contribution in [1.29, 1.82) is 0 Å². The van der Waals surface area contributed by atoms with Crippen LogP contribution in [0.15, 0.2) is 0 Å². The minimum Gasteiger partial charge on any atom is -0.466 e. The molecule has 20 heavy (non-hydrogen) atoms. The summed E-state index contributed by atoms with van der Waals surface area (Å²) in [5, 5.41) is 6.12. The number of carbonyl (C=O) groups is 2. The molecule has 0 spiro atoms. The molecule has 0 aromatic carbocycles. The van der Waals surface area contributed by atoms with Crippen LogP contribution < -0.4 is 10.6 Å². The van der Waals surface area contributed by atoms with E-state index in [-0.39, 0.29) is 17.8 Å². The van der Waals surface area contributed by atoms with Crippen LogP contribution in [0.1, 0.15) is 46.5 Å². The predicted molar refractivity (Wildman–Crippen MR) is 78.2 cm³/mol. The summed E-state index contributed by atoms with van der Waals surface area (Å²) in [4.78, 5) is 23.5. The zero-order valence-corrected chi connectivity index (χ0v) is 13.1. The molecule has 116 valence electrons. The van der Waals surface area contributed by atoms with Crippen LogP contribution in [0.3, 0.4) is 0 Å². The second kappa shape index (κ2) is 7.62. The van der Waals surface area contributed by atoms with E-state index < -0.39 is 5.41 Å². The second-order valence-electron chi connectivity index (χ2n) is 6.16. The summed E-state index contributed by atoms with van der Waals surface area (Å²) in [6.45, 7) is 6.74. The highest BCUT2D eigenvalue weighted by Crippen LogP contribution is 2.26. The Bertz CT molecular complexity index is 342. The first-order valence-electron chi connectivity index (χ1n) is 7.53. The van der Waals surface area contributed by atoms with E-state index in [1.165, 1.54) is 0 Å². The number of rotatable bonds is 6. The fourth-order valence-electron chi connectivity index (χ4n) is 2.67. The number of ether oxygens (including phenoxy) is 1. The molecule has 1 aliphatic rings. The van der Waals surface area contributed by atoms with E-state index in [9.17, 15) is 9.59 Å². The van der Waals surface area contributed by atoms with Crippen molar-refractivity contribution in [3.63, 3.8) is 0 Å². The summed E-state index contributed by atoms with van der Waals surface area (Å²) in [6, 6.07) is 0.294. The van der Waals surface area contributed by atoms with Crippen molar-refractivity contribution in [3.8, 4) is 0 Å². The van der Waals surface area contributed by atoms with Gasteiger partial charge < -0.3 is 15.4 Å². The maximum atomic E-state index is 11.8. The van der Waals surface area contributed by atoms with Crippen LogP contribution in [0.25, 0.3) is 0 Å². The maximum absolute atomic E-state index is 11.8. The molecule has 2 atom stereocenters. The topological polar surface area (TPSA) is 67.4 Å². The molecule has 1 amide bonds. The van der Waals surface area contributed by atoms with E-state index >= 15 is 0 Å². The summed E-state index contributed by atoms with van der Waals surface area (Å²) in [7, 11) is 1.65. The molecule has 1 aliphatic carbocycles. The Hall–Kier alpha value is -1.10. The summed E-state index contributed by atoms with van der Waals surface area (Å²) in [5.74, 6) is -0.0448. The first kappa shape index (κ1) is 17.0. The molecule has 0 aromatic rings. The zero-order valence-electron chi connectivity index (χ0n) is 13.1. The van der Waals surface area contributed by atoms with Crippen LogP contribution in [0.5, 0.6) is 0 Å². The number of carbonyl (C=O) groups excluding carboxylic acids is 2. The monoisotopic (exact) mass is 284 g/mol. The zero-order chi connectivity index (χ0) is 15.2. The lowest BCUT2D eigenvalue weighted by Crippen LogP contribution is -2.46. The van der Waals surface area contributed by atoms with Crippen LogP contribution in [0, 0.1) is 11.3 Å². The van der Waals surface area contributed by atoms with E-state index in [0.29, 0.717) is 19.2 Å². The lowest BCUT2D eigenvalue weighted by molar-refractivity contribution is -0.149. The van der Waals surface area contributed by atoms with Crippen molar-refractivity contribution in [1.82, 2.24) is 10.6 Å². The van der Waals surface area contributed by atoms with Gasteiger partial charge >= 0.3 is 5.97 Å². The van der Waals surface area contributed by atoms with E-state index in [2.05, 4.69) is 10.6 Å². The van der Waals surface area contributed by atoms with E-state index in [1.54, 1.807) is 7.05 Å². The van der Waals surface area contributed by atoms with Crippen molar-refractivity contribution in [2.24, 2.45) is 11.3 Å². The van der Waals surface area contributed by atoms with Gasteiger partial charge in [-0.2, -0.15) is 0 Å². The van der Waals surface area contributed by atoms with Crippen molar-refractivity contribution in [3.05, 3.63) is 0 Å². The lowest BCUT2D eigenvalue weighted by Gasteiger charge is -2.31. The van der Waals surface area contributed by atoms with Gasteiger partial charge in [0.15, 0.2) is 0 Å². The van der Waals surface area contributed by atoms with Crippen LogP contribution >= 0.6 is 0 Å². The third-order valence-electron chi connectivity index (χ3n) is 3.97. The van der Waals surface area contributed by atoms with Gasteiger partial charge in [0.1, 0.15) is 0 Å². The van der Waals surface area contributed by atoms with Crippen LogP contribution in [0.4, 0.5) is 0 Å². The SMILES string of the molecule is CCOC(=O)C1CCCC(NCC(C)(C)C(=O)NC)C1. The summed E-state index contributed by atoms with van der Waals surface area (Å²) in [5.41, 5.74) is -0.439. The number of hydrogen-bond acceptors (Lipinski definition) is 4. The largest absolute Gasteiger partial charge is 0.466 e. The molecule has 5 heteroatoms. The Kier molecular flexibility index (Phi) is 6.46. The fraction of sp³-hybridized carbons (Fsp3) is 0.867. The third kappa shape index (κ3) is 4.78. The average Bonchev–Trinajstić information content (AvgIpc) is 2.45. The number of amides is 1. The van der Waals surface area contributed by atoms with Crippen molar-refractivity contribution in [2.45, 2.75) is 52.5 Å². The summed E-state index contributed by atoms with van der Waals surface area (Å²) in [6.07, 6.45) is 3.81. The molecule has 2 N–H and O–H groups in total. The second-order valence-corrected chi connectivity index (χ2v) is 6.16. The minimum atomic E-state index is -0.439. The molecule has 0 aromatic heterocycles. The maximum Gasteiger partial charge on any atom is 0.308 e. The number of nitrogens with one attached hydrogen (secondary N) is 2. The van der Waals surface area contributed by atoms with E-state index in [0.717, 1.165) is 25.7 Å². The number of esters is 1. The highest BCUT2D eigenvalue weighted by atomic mass is 16.5. The molecule has 0 radical (unpaired) electrons. The molecule has 0 bridgehead atoms. The lowest BCUT2D eigenvalue weighted by atomic mass is 9.84. The van der Waals surface area contributed by atoms with Crippen molar-refractivity contribution < 1.29 is 14.3 Å². The van der Waals surface area contributed by atoms with Crippen LogP contribution in [-0.4, -0.2) is 38.1 Å². The van der Waals surface area contributed by atoms with Crippen LogP contribution in [-0.2, 0) is 14.3 Å². The molecule has 0 saturated heterocycles. The highest BCUT2D eigenvalue weighted by Gasteiger charge is 2.31. The Labute approximate surface area is 121 Å². The van der Waals surface area contributed by atoms with Gasteiger partial charge in [0, 0.05) is 19.6 Å². The fourth-order valence-corrected chi connectivity index (χ4v) is 2.67. The van der Waals surface area contributed by atoms with Gasteiger partial charge in [-0.15, -0.1) is 0 Å². The molecule has 0 heterocycles. The Balaban J connectivity index is 2.44. The van der Waals surface area contributed by atoms with Gasteiger partial charge in [0.05, 0.1) is 17.9 Å². The molecule has 2 unspecified atom stereocenters. The first-order valence-corrected chi connectivity index (χ1v) is 7.53. The molecular weight excluding hydrogens is 256 g/mol. The normalized spacial score (nSPS) is 23.2. The molecule has 5 nitrogen and oxygen atoms in total. The molecule has 0 aliphatic heterocycles. The molecule has 1 saturated carbocycles. The van der Waals surface area contributed by atoms with Gasteiger partial charge in [0.25, 0.3) is 0 Å². The highest BCUT2D eigenvalue weighted by molar-refractivity contribution is 5.81. The third-order valence-corrected chi connectivity index (χ3v) is 3.97. The first-order chi connectivity index (χ1) is 9.40. The average molecular weight is 284 g/mol. The van der Waals surface area contributed by atoms with Crippen molar-refractivity contribution >= 4 is 11.9 Å². The van der Waals surface area contributed by atoms with Gasteiger partial charge in [-0.05, 0) is 40.0 Å². The van der Waals surface area contributed by atoms with Gasteiger partial charge in [0.2, 0.25) is 5.91 Å². The summed E-state index contributed by atoms with van der Waals surface area (Å²) >= 11 is 0. The van der Waals surface area contributed by atoms with Gasteiger partial charge in [-0.1, -0.05) is 6.42 Å². The van der Waals surface area contributed by atoms with E-state index in [1.807, 2.05) is 20.8 Å². The summed E-state index contributed by atoms with van der Waals surface area (Å²) < 4.78 is 5.10. The van der Waals surface area contributed by atoms with Crippen LogP contribution in [0.2, 0.25) is 0 Å². The quantitative estimate of drug-likeness (QED) is 0.725. The standard InChI is InChI=1S/C15H28N2O3/c1-5-20-13(18)11-7-6-8-12(9-11)17-10-15(2,3)14(19)16-4/h11-12,17H,5-10H2,1-4H3,(H,16,19). The predicted octanol–water partition coefficient (Wildman–Crippen LogP) is 1.47. The smallest absolute Gasteiger partial charge is 0.308 e. The molecule has 1 fully saturated rings. The van der Waals surface area contributed by atoms with E-state index in [4.69, 9.17) is 4.74 Å².